The van der Waals surface area contributed by atoms with Crippen LogP contribution in [0.5, 0.6) is 0 Å². The third-order valence-electron chi connectivity index (χ3n) is 5.27. The normalized spacial score (nSPS) is 18.6. The molecular formula is C20H20F3N5O2. The molecule has 0 fully saturated rings. The molecule has 1 aliphatic heterocycles. The molecule has 3 aromatic rings. The Hall–Kier alpha value is -3.30. The van der Waals surface area contributed by atoms with E-state index in [0.29, 0.717) is 18.5 Å². The lowest BCUT2D eigenvalue weighted by atomic mass is 9.96. The number of hydrogen-bond acceptors (Lipinski definition) is 4. The van der Waals surface area contributed by atoms with Gasteiger partial charge in [0.1, 0.15) is 5.82 Å². The zero-order valence-electron chi connectivity index (χ0n) is 15.9. The van der Waals surface area contributed by atoms with Gasteiger partial charge in [-0.3, -0.25) is 9.36 Å². The van der Waals surface area contributed by atoms with Crippen LogP contribution >= 0.6 is 0 Å². The fraction of sp³-hybridized carbons (Fsp3) is 0.350. The van der Waals surface area contributed by atoms with E-state index in [9.17, 15) is 22.8 Å². The van der Waals surface area contributed by atoms with Gasteiger partial charge in [0.2, 0.25) is 0 Å². The SMILES string of the molecule is O=C(CCCn1cc[nH]c1=O)c1cnn2c1NC(c1ccccc1)CC2C(F)(F)F. The van der Waals surface area contributed by atoms with Gasteiger partial charge >= 0.3 is 11.9 Å². The van der Waals surface area contributed by atoms with Gasteiger partial charge in [-0.2, -0.15) is 18.3 Å². The molecule has 10 heteroatoms. The largest absolute Gasteiger partial charge is 0.410 e. The molecule has 2 unspecified atom stereocenters. The maximum Gasteiger partial charge on any atom is 0.410 e. The third kappa shape index (κ3) is 3.89. The van der Waals surface area contributed by atoms with Crippen molar-refractivity contribution in [3.63, 3.8) is 0 Å². The highest BCUT2D eigenvalue weighted by Crippen LogP contribution is 2.44. The molecule has 0 saturated heterocycles. The molecule has 0 aliphatic carbocycles. The molecule has 0 amide bonds. The number of carbonyl (C=O) groups excluding carboxylic acids is 1. The van der Waals surface area contributed by atoms with Crippen LogP contribution in [-0.2, 0) is 6.54 Å². The predicted molar refractivity (Wildman–Crippen MR) is 103 cm³/mol. The summed E-state index contributed by atoms with van der Waals surface area (Å²) in [6.07, 6.45) is 0.0333. The van der Waals surface area contributed by atoms with Crippen LogP contribution in [0.4, 0.5) is 19.0 Å². The van der Waals surface area contributed by atoms with Gasteiger partial charge in [0, 0.05) is 31.8 Å². The molecule has 0 radical (unpaired) electrons. The van der Waals surface area contributed by atoms with Gasteiger partial charge in [-0.15, -0.1) is 0 Å². The number of imidazole rings is 1. The number of benzene rings is 1. The topological polar surface area (TPSA) is 84.7 Å². The van der Waals surface area contributed by atoms with Crippen LogP contribution in [0.15, 0.2) is 53.7 Å². The van der Waals surface area contributed by atoms with E-state index in [4.69, 9.17) is 0 Å². The molecule has 30 heavy (non-hydrogen) atoms. The highest BCUT2D eigenvalue weighted by molar-refractivity contribution is 6.00. The zero-order chi connectivity index (χ0) is 21.3. The van der Waals surface area contributed by atoms with Crippen LogP contribution in [0.3, 0.4) is 0 Å². The Morgan fingerprint density at radius 2 is 2.00 bits per heavy atom. The van der Waals surface area contributed by atoms with E-state index in [2.05, 4.69) is 15.4 Å². The number of aromatic amines is 1. The monoisotopic (exact) mass is 419 g/mol. The van der Waals surface area contributed by atoms with E-state index in [1.807, 2.05) is 0 Å². The van der Waals surface area contributed by atoms with E-state index >= 15 is 0 Å². The number of nitrogens with zero attached hydrogens (tertiary/aromatic N) is 3. The molecule has 3 heterocycles. The summed E-state index contributed by atoms with van der Waals surface area (Å²) in [5.74, 6) is -0.233. The van der Waals surface area contributed by atoms with Crippen LogP contribution in [0, 0.1) is 0 Å². The molecule has 158 valence electrons. The van der Waals surface area contributed by atoms with Crippen LogP contribution in [0.1, 0.15) is 47.3 Å². The van der Waals surface area contributed by atoms with Crippen LogP contribution < -0.4 is 11.0 Å². The lowest BCUT2D eigenvalue weighted by Crippen LogP contribution is -2.36. The second-order valence-electron chi connectivity index (χ2n) is 7.24. The standard InChI is InChI=1S/C20H20F3N5O2/c21-20(22,23)17-11-15(13-5-2-1-3-6-13)26-18-14(12-25-28(17)18)16(29)7-4-9-27-10-8-24-19(27)30/h1-3,5-6,8,10,12,15,17,26H,4,7,9,11H2,(H,24,30). The summed E-state index contributed by atoms with van der Waals surface area (Å²) in [5.41, 5.74) is 0.571. The van der Waals surface area contributed by atoms with Crippen LogP contribution in [-0.4, -0.2) is 31.3 Å². The number of fused-ring (bicyclic) bond motifs is 1. The van der Waals surface area contributed by atoms with E-state index in [0.717, 1.165) is 4.68 Å². The fourth-order valence-corrected chi connectivity index (χ4v) is 3.74. The van der Waals surface area contributed by atoms with Gasteiger partial charge in [-0.05, 0) is 12.0 Å². The molecule has 7 nitrogen and oxygen atoms in total. The van der Waals surface area contributed by atoms with Crippen molar-refractivity contribution in [1.29, 1.82) is 0 Å². The number of aryl methyl sites for hydroxylation is 1. The summed E-state index contributed by atoms with van der Waals surface area (Å²) in [6.45, 7) is 0.336. The Balaban J connectivity index is 1.56. The highest BCUT2D eigenvalue weighted by Gasteiger charge is 2.47. The van der Waals surface area contributed by atoms with Gasteiger partial charge in [0.15, 0.2) is 11.8 Å². The maximum atomic E-state index is 13.7. The number of aromatic nitrogens is 4. The molecule has 0 bridgehead atoms. The smallest absolute Gasteiger partial charge is 0.363 e. The molecule has 2 atom stereocenters. The van der Waals surface area contributed by atoms with Crippen molar-refractivity contribution < 1.29 is 18.0 Å². The fourth-order valence-electron chi connectivity index (χ4n) is 3.74. The summed E-state index contributed by atoms with van der Waals surface area (Å²) < 4.78 is 43.4. The van der Waals surface area contributed by atoms with Gasteiger partial charge in [0.25, 0.3) is 0 Å². The minimum atomic E-state index is -4.49. The number of ketones is 1. The first kappa shape index (κ1) is 20.0. The number of carbonyl (C=O) groups is 1. The Labute approximate surface area is 169 Å². The first-order valence-electron chi connectivity index (χ1n) is 9.57. The van der Waals surface area contributed by atoms with E-state index < -0.39 is 18.3 Å². The molecule has 0 saturated carbocycles. The summed E-state index contributed by atoms with van der Waals surface area (Å²) in [5, 5.41) is 6.96. The summed E-state index contributed by atoms with van der Waals surface area (Å²) in [6, 6.07) is 6.43. The van der Waals surface area contributed by atoms with Crippen molar-refractivity contribution in [2.75, 3.05) is 5.32 Å². The molecule has 1 aromatic carbocycles. The minimum absolute atomic E-state index is 0.0845. The summed E-state index contributed by atoms with van der Waals surface area (Å²) >= 11 is 0. The van der Waals surface area contributed by atoms with Crippen molar-refractivity contribution in [3.05, 3.63) is 70.5 Å². The number of hydrogen-bond donors (Lipinski definition) is 2. The van der Waals surface area contributed by atoms with Gasteiger partial charge < -0.3 is 10.3 Å². The van der Waals surface area contributed by atoms with E-state index in [1.54, 1.807) is 36.5 Å². The van der Waals surface area contributed by atoms with Crippen LogP contribution in [0.2, 0.25) is 0 Å². The van der Waals surface area contributed by atoms with Crippen molar-refractivity contribution >= 4 is 11.6 Å². The lowest BCUT2D eigenvalue weighted by Gasteiger charge is -2.34. The number of alkyl halides is 3. The van der Waals surface area contributed by atoms with E-state index in [-0.39, 0.29) is 35.7 Å². The van der Waals surface area contributed by atoms with E-state index in [1.165, 1.54) is 17.0 Å². The molecular weight excluding hydrogens is 399 g/mol. The number of H-pyrrole nitrogens is 1. The molecule has 2 N–H and O–H groups in total. The van der Waals surface area contributed by atoms with Crippen molar-refractivity contribution in [1.82, 2.24) is 19.3 Å². The van der Waals surface area contributed by atoms with Gasteiger partial charge in [-0.25, -0.2) is 9.48 Å². The predicted octanol–water partition coefficient (Wildman–Crippen LogP) is 3.70. The molecule has 0 spiro atoms. The van der Waals surface area contributed by atoms with Gasteiger partial charge in [-0.1, -0.05) is 30.3 Å². The second-order valence-corrected chi connectivity index (χ2v) is 7.24. The quantitative estimate of drug-likeness (QED) is 0.597. The highest BCUT2D eigenvalue weighted by atomic mass is 19.4. The summed E-state index contributed by atoms with van der Waals surface area (Å²) in [7, 11) is 0. The first-order valence-corrected chi connectivity index (χ1v) is 9.57. The number of Topliss-reactive ketones (excluding diaryl/α,β-unsaturated/α-hetero) is 1. The number of halogens is 3. The average molecular weight is 419 g/mol. The number of nitrogens with one attached hydrogen (secondary N) is 2. The number of anilines is 1. The molecule has 2 aromatic heterocycles. The molecule has 4 rings (SSSR count). The lowest BCUT2D eigenvalue weighted by molar-refractivity contribution is -0.173. The van der Waals surface area contributed by atoms with Crippen molar-refractivity contribution in [2.24, 2.45) is 0 Å². The maximum absolute atomic E-state index is 13.7. The Bertz CT molecular complexity index is 1080. The first-order chi connectivity index (χ1) is 14.3. The third-order valence-corrected chi connectivity index (χ3v) is 5.27. The van der Waals surface area contributed by atoms with Crippen molar-refractivity contribution in [2.45, 2.75) is 44.1 Å². The second kappa shape index (κ2) is 7.85. The molecule has 1 aliphatic rings. The Kier molecular flexibility index (Phi) is 5.23. The zero-order valence-corrected chi connectivity index (χ0v) is 15.9. The minimum Gasteiger partial charge on any atom is -0.363 e. The summed E-state index contributed by atoms with van der Waals surface area (Å²) in [4.78, 5) is 26.7. The van der Waals surface area contributed by atoms with Crippen molar-refractivity contribution in [3.8, 4) is 0 Å². The number of rotatable bonds is 6. The van der Waals surface area contributed by atoms with Gasteiger partial charge in [0.05, 0.1) is 17.8 Å². The van der Waals surface area contributed by atoms with Crippen LogP contribution in [0.25, 0.3) is 0 Å². The Morgan fingerprint density at radius 1 is 1.23 bits per heavy atom. The average Bonchev–Trinajstić information content (AvgIpc) is 3.33. The Morgan fingerprint density at radius 3 is 2.67 bits per heavy atom.